The number of nitrogens with zero attached hydrogens (tertiary/aromatic N) is 1. The Bertz CT molecular complexity index is 447. The molecule has 0 fully saturated rings. The third kappa shape index (κ3) is 3.61. The zero-order valence-corrected chi connectivity index (χ0v) is 11.0. The predicted octanol–water partition coefficient (Wildman–Crippen LogP) is 2.22. The molecule has 1 aromatic rings. The van der Waals surface area contributed by atoms with Crippen LogP contribution in [0.2, 0.25) is 5.02 Å². The first-order chi connectivity index (χ1) is 7.95. The maximum Gasteiger partial charge on any atom is 0.253 e. The van der Waals surface area contributed by atoms with Gasteiger partial charge in [-0.25, -0.2) is 0 Å². The van der Waals surface area contributed by atoms with E-state index in [-0.39, 0.29) is 17.7 Å². The average Bonchev–Trinajstić information content (AvgIpc) is 2.30. The molecule has 17 heavy (non-hydrogen) atoms. The summed E-state index contributed by atoms with van der Waals surface area (Å²) in [6.07, 6.45) is 0. The van der Waals surface area contributed by atoms with Gasteiger partial charge in [-0.05, 0) is 18.2 Å². The Balaban J connectivity index is 3.02. The summed E-state index contributed by atoms with van der Waals surface area (Å²) in [5.41, 5.74) is 0.828. The molecule has 1 N–H and O–H groups in total. The van der Waals surface area contributed by atoms with Gasteiger partial charge in [0.1, 0.15) is 5.88 Å². The lowest BCUT2D eigenvalue weighted by atomic mass is 10.2. The predicted molar refractivity (Wildman–Crippen MR) is 68.8 cm³/mol. The molecule has 2 amide bonds. The van der Waals surface area contributed by atoms with Crippen molar-refractivity contribution >= 4 is 40.7 Å². The maximum atomic E-state index is 11.7. The van der Waals surface area contributed by atoms with E-state index < -0.39 is 0 Å². The van der Waals surface area contributed by atoms with Gasteiger partial charge in [-0.1, -0.05) is 11.6 Å². The van der Waals surface area contributed by atoms with Crippen molar-refractivity contribution in [3.8, 4) is 0 Å². The van der Waals surface area contributed by atoms with E-state index in [2.05, 4.69) is 5.32 Å². The van der Waals surface area contributed by atoms with Crippen LogP contribution >= 0.6 is 23.2 Å². The second kappa shape index (κ2) is 5.89. The number of benzene rings is 1. The molecule has 0 aliphatic carbocycles. The highest BCUT2D eigenvalue weighted by Gasteiger charge is 2.11. The van der Waals surface area contributed by atoms with Crippen molar-refractivity contribution < 1.29 is 9.59 Å². The molecule has 92 valence electrons. The maximum absolute atomic E-state index is 11.7. The van der Waals surface area contributed by atoms with Crippen LogP contribution in [0.3, 0.4) is 0 Å². The van der Waals surface area contributed by atoms with Crippen LogP contribution in [0.15, 0.2) is 18.2 Å². The van der Waals surface area contributed by atoms with Crippen LogP contribution in [-0.2, 0) is 4.79 Å². The van der Waals surface area contributed by atoms with Gasteiger partial charge in [-0.2, -0.15) is 0 Å². The van der Waals surface area contributed by atoms with Crippen molar-refractivity contribution in [1.29, 1.82) is 0 Å². The lowest BCUT2D eigenvalue weighted by Crippen LogP contribution is -2.22. The van der Waals surface area contributed by atoms with Crippen LogP contribution in [0.4, 0.5) is 5.69 Å². The average molecular weight is 275 g/mol. The summed E-state index contributed by atoms with van der Waals surface area (Å²) in [5.74, 6) is -0.701. The summed E-state index contributed by atoms with van der Waals surface area (Å²) in [6, 6.07) is 4.68. The fourth-order valence-electron chi connectivity index (χ4n) is 1.20. The van der Waals surface area contributed by atoms with Gasteiger partial charge in [0.25, 0.3) is 5.91 Å². The SMILES string of the molecule is CN(C)C(=O)c1ccc(Cl)c(NC(=O)CCl)c1. The monoisotopic (exact) mass is 274 g/mol. The lowest BCUT2D eigenvalue weighted by Gasteiger charge is -2.12. The molecule has 0 unspecified atom stereocenters. The summed E-state index contributed by atoms with van der Waals surface area (Å²) in [6.45, 7) is 0. The molecule has 0 atom stereocenters. The first-order valence-electron chi connectivity index (χ1n) is 4.82. The second-order valence-electron chi connectivity index (χ2n) is 3.58. The number of rotatable bonds is 3. The molecular formula is C11H12Cl2N2O2. The third-order valence-corrected chi connectivity index (χ3v) is 2.59. The molecule has 6 heteroatoms. The summed E-state index contributed by atoms with van der Waals surface area (Å²) in [7, 11) is 3.29. The van der Waals surface area contributed by atoms with E-state index in [0.29, 0.717) is 16.3 Å². The number of hydrogen-bond acceptors (Lipinski definition) is 2. The molecule has 0 heterocycles. The Labute approximate surface area is 109 Å². The van der Waals surface area contributed by atoms with E-state index in [0.717, 1.165) is 0 Å². The van der Waals surface area contributed by atoms with E-state index in [1.54, 1.807) is 26.2 Å². The van der Waals surface area contributed by atoms with E-state index in [9.17, 15) is 9.59 Å². The van der Waals surface area contributed by atoms with Crippen molar-refractivity contribution in [1.82, 2.24) is 4.90 Å². The highest BCUT2D eigenvalue weighted by atomic mass is 35.5. The fourth-order valence-corrected chi connectivity index (χ4v) is 1.43. The van der Waals surface area contributed by atoms with Gasteiger partial charge in [0.05, 0.1) is 10.7 Å². The number of anilines is 1. The molecule has 1 rings (SSSR count). The molecule has 0 saturated carbocycles. The van der Waals surface area contributed by atoms with Gasteiger partial charge in [0, 0.05) is 19.7 Å². The van der Waals surface area contributed by atoms with Crippen LogP contribution in [0.1, 0.15) is 10.4 Å². The Morgan fingerprint density at radius 3 is 2.53 bits per heavy atom. The van der Waals surface area contributed by atoms with Crippen molar-refractivity contribution in [2.24, 2.45) is 0 Å². The van der Waals surface area contributed by atoms with Gasteiger partial charge < -0.3 is 10.2 Å². The topological polar surface area (TPSA) is 49.4 Å². The van der Waals surface area contributed by atoms with E-state index in [1.807, 2.05) is 0 Å². The first kappa shape index (κ1) is 13.8. The number of carbonyl (C=O) groups excluding carboxylic acids is 2. The minimum absolute atomic E-state index is 0.164. The van der Waals surface area contributed by atoms with Crippen molar-refractivity contribution in [2.45, 2.75) is 0 Å². The summed E-state index contributed by atoms with van der Waals surface area (Å²) in [5, 5.41) is 2.88. The Hall–Kier alpha value is -1.26. The number of halogens is 2. The van der Waals surface area contributed by atoms with Gasteiger partial charge >= 0.3 is 0 Å². The summed E-state index contributed by atoms with van der Waals surface area (Å²) < 4.78 is 0. The molecule has 0 bridgehead atoms. The Kier molecular flexibility index (Phi) is 4.78. The van der Waals surface area contributed by atoms with Gasteiger partial charge in [0.15, 0.2) is 0 Å². The molecule has 0 saturated heterocycles. The minimum Gasteiger partial charge on any atom is -0.345 e. The first-order valence-corrected chi connectivity index (χ1v) is 5.74. The quantitative estimate of drug-likeness (QED) is 0.860. The molecule has 0 aliphatic heterocycles. The number of carbonyl (C=O) groups is 2. The Morgan fingerprint density at radius 2 is 2.00 bits per heavy atom. The van der Waals surface area contributed by atoms with Crippen molar-refractivity contribution in [2.75, 3.05) is 25.3 Å². The van der Waals surface area contributed by atoms with Crippen LogP contribution in [0.5, 0.6) is 0 Å². The number of alkyl halides is 1. The zero-order chi connectivity index (χ0) is 13.0. The lowest BCUT2D eigenvalue weighted by molar-refractivity contribution is -0.113. The van der Waals surface area contributed by atoms with E-state index in [4.69, 9.17) is 23.2 Å². The highest BCUT2D eigenvalue weighted by molar-refractivity contribution is 6.35. The van der Waals surface area contributed by atoms with E-state index >= 15 is 0 Å². The van der Waals surface area contributed by atoms with Crippen LogP contribution in [0, 0.1) is 0 Å². The smallest absolute Gasteiger partial charge is 0.253 e. The molecule has 0 radical (unpaired) electrons. The van der Waals surface area contributed by atoms with Crippen LogP contribution in [-0.4, -0.2) is 36.7 Å². The fraction of sp³-hybridized carbons (Fsp3) is 0.273. The van der Waals surface area contributed by atoms with E-state index in [1.165, 1.54) is 11.0 Å². The Morgan fingerprint density at radius 1 is 1.35 bits per heavy atom. The normalized spacial score (nSPS) is 9.88. The zero-order valence-electron chi connectivity index (χ0n) is 9.46. The number of amides is 2. The molecule has 1 aromatic carbocycles. The number of nitrogens with one attached hydrogen (secondary N) is 1. The molecule has 0 spiro atoms. The van der Waals surface area contributed by atoms with Gasteiger partial charge in [0.2, 0.25) is 5.91 Å². The standard InChI is InChI=1S/C11H12Cl2N2O2/c1-15(2)11(17)7-3-4-8(13)9(5-7)14-10(16)6-12/h3-5H,6H2,1-2H3,(H,14,16). The van der Waals surface area contributed by atoms with Gasteiger partial charge in [-0.3, -0.25) is 9.59 Å². The van der Waals surface area contributed by atoms with Crippen LogP contribution < -0.4 is 5.32 Å². The molecule has 4 nitrogen and oxygen atoms in total. The number of hydrogen-bond donors (Lipinski definition) is 1. The van der Waals surface area contributed by atoms with Crippen LogP contribution in [0.25, 0.3) is 0 Å². The highest BCUT2D eigenvalue weighted by Crippen LogP contribution is 2.23. The van der Waals surface area contributed by atoms with Crippen molar-refractivity contribution in [3.05, 3.63) is 28.8 Å². The molecule has 0 aromatic heterocycles. The van der Waals surface area contributed by atoms with Crippen molar-refractivity contribution in [3.63, 3.8) is 0 Å². The largest absolute Gasteiger partial charge is 0.345 e. The molecule has 0 aliphatic rings. The molecular weight excluding hydrogens is 263 g/mol. The second-order valence-corrected chi connectivity index (χ2v) is 4.25. The minimum atomic E-state index is -0.372. The summed E-state index contributed by atoms with van der Waals surface area (Å²) >= 11 is 11.3. The van der Waals surface area contributed by atoms with Gasteiger partial charge in [-0.15, -0.1) is 11.6 Å². The third-order valence-electron chi connectivity index (χ3n) is 2.01. The summed E-state index contributed by atoms with van der Waals surface area (Å²) in [4.78, 5) is 24.3.